The number of carbonyl (C=O) groups is 1. The lowest BCUT2D eigenvalue weighted by atomic mass is 10.1. The van der Waals surface area contributed by atoms with Crippen molar-refractivity contribution in [1.82, 2.24) is 19.8 Å². The summed E-state index contributed by atoms with van der Waals surface area (Å²) in [6.45, 7) is 2.11. The molecule has 1 amide bonds. The minimum Gasteiger partial charge on any atom is -0.497 e. The van der Waals surface area contributed by atoms with Crippen LogP contribution in [0.5, 0.6) is 11.5 Å². The Hall–Kier alpha value is -2.54. The first-order valence-corrected chi connectivity index (χ1v) is 7.93. The average Bonchev–Trinajstić information content (AvgIpc) is 3.06. The van der Waals surface area contributed by atoms with Gasteiger partial charge in [0, 0.05) is 39.1 Å². The van der Waals surface area contributed by atoms with Gasteiger partial charge in [0.05, 0.1) is 7.11 Å². The smallest absolute Gasteiger partial charge is 0.261 e. The number of methoxy groups -OCH3 is 1. The number of benzene rings is 1. The molecule has 1 atom stereocenters. The number of nitrogens with one attached hydrogen (secondary N) is 1. The molecule has 7 heteroatoms. The molecule has 128 valence electrons. The van der Waals surface area contributed by atoms with Crippen molar-refractivity contribution in [2.45, 2.75) is 6.04 Å². The van der Waals surface area contributed by atoms with Gasteiger partial charge in [-0.25, -0.2) is 4.98 Å². The van der Waals surface area contributed by atoms with Gasteiger partial charge < -0.3 is 24.3 Å². The Labute approximate surface area is 141 Å². The summed E-state index contributed by atoms with van der Waals surface area (Å²) in [5, 5.41) is 3.32. The molecule has 24 heavy (non-hydrogen) atoms. The fourth-order valence-corrected chi connectivity index (χ4v) is 2.83. The first kappa shape index (κ1) is 16.3. The van der Waals surface area contributed by atoms with E-state index in [-0.39, 0.29) is 18.6 Å². The number of hydrogen-bond donors (Lipinski definition) is 1. The second-order valence-electron chi connectivity index (χ2n) is 5.67. The summed E-state index contributed by atoms with van der Waals surface area (Å²) >= 11 is 0. The molecule has 7 nitrogen and oxygen atoms in total. The van der Waals surface area contributed by atoms with Gasteiger partial charge in [0.15, 0.2) is 6.61 Å². The number of imidazole rings is 1. The quantitative estimate of drug-likeness (QED) is 0.885. The minimum absolute atomic E-state index is 0.00719. The van der Waals surface area contributed by atoms with Crippen LogP contribution in [0.25, 0.3) is 0 Å². The molecule has 2 aromatic rings. The number of piperazine rings is 1. The molecule has 0 bridgehead atoms. The number of carbonyl (C=O) groups excluding carboxylic acids is 1. The van der Waals surface area contributed by atoms with E-state index >= 15 is 0 Å². The lowest BCUT2D eigenvalue weighted by Gasteiger charge is -2.35. The molecule has 1 aliphatic heterocycles. The SMILES string of the molecule is COc1ccc(OCC(=O)N2CCNCC2c2nccn2C)cc1. The summed E-state index contributed by atoms with van der Waals surface area (Å²) in [5.41, 5.74) is 0. The Balaban J connectivity index is 1.64. The van der Waals surface area contributed by atoms with Gasteiger partial charge in [-0.05, 0) is 24.3 Å². The predicted molar refractivity (Wildman–Crippen MR) is 89.0 cm³/mol. The normalized spacial score (nSPS) is 17.6. The number of aromatic nitrogens is 2. The summed E-state index contributed by atoms with van der Waals surface area (Å²) in [6, 6.07) is 7.12. The van der Waals surface area contributed by atoms with E-state index < -0.39 is 0 Å². The van der Waals surface area contributed by atoms with Gasteiger partial charge in [0.25, 0.3) is 5.91 Å². The summed E-state index contributed by atoms with van der Waals surface area (Å²) in [7, 11) is 3.55. The molecule has 0 saturated carbocycles. The number of rotatable bonds is 5. The van der Waals surface area contributed by atoms with Gasteiger partial charge in [0.1, 0.15) is 23.4 Å². The molecule has 1 aromatic carbocycles. The van der Waals surface area contributed by atoms with Crippen molar-refractivity contribution in [2.24, 2.45) is 7.05 Å². The number of nitrogens with zero attached hydrogens (tertiary/aromatic N) is 3. The van der Waals surface area contributed by atoms with E-state index in [2.05, 4.69) is 10.3 Å². The number of ether oxygens (including phenoxy) is 2. The van der Waals surface area contributed by atoms with Crippen molar-refractivity contribution in [3.05, 3.63) is 42.5 Å². The average molecular weight is 330 g/mol. The van der Waals surface area contributed by atoms with Crippen LogP contribution in [-0.2, 0) is 11.8 Å². The van der Waals surface area contributed by atoms with Crippen molar-refractivity contribution < 1.29 is 14.3 Å². The molecule has 1 fully saturated rings. The summed E-state index contributed by atoms with van der Waals surface area (Å²) in [5.74, 6) is 2.23. The van der Waals surface area contributed by atoms with Gasteiger partial charge in [0.2, 0.25) is 0 Å². The standard InChI is InChI=1S/C17H22N4O3/c1-20-9-8-19-17(20)15-11-18-7-10-21(15)16(22)12-24-14-5-3-13(23-2)4-6-14/h3-6,8-9,15,18H,7,10-12H2,1-2H3. The number of amides is 1. The topological polar surface area (TPSA) is 68.6 Å². The van der Waals surface area contributed by atoms with Crippen LogP contribution < -0.4 is 14.8 Å². The Morgan fingerprint density at radius 2 is 2.08 bits per heavy atom. The van der Waals surface area contributed by atoms with Crippen LogP contribution >= 0.6 is 0 Å². The Bertz CT molecular complexity index is 683. The molecule has 3 rings (SSSR count). The largest absolute Gasteiger partial charge is 0.497 e. The van der Waals surface area contributed by atoms with Crippen molar-refractivity contribution in [2.75, 3.05) is 33.4 Å². The van der Waals surface area contributed by atoms with Crippen LogP contribution in [0.2, 0.25) is 0 Å². The molecule has 1 aliphatic rings. The van der Waals surface area contributed by atoms with E-state index in [1.165, 1.54) is 0 Å². The fraction of sp³-hybridized carbons (Fsp3) is 0.412. The molecule has 1 saturated heterocycles. The van der Waals surface area contributed by atoms with Gasteiger partial charge in [-0.15, -0.1) is 0 Å². The number of hydrogen-bond acceptors (Lipinski definition) is 5. The highest BCUT2D eigenvalue weighted by atomic mass is 16.5. The second kappa shape index (κ2) is 7.35. The Morgan fingerprint density at radius 1 is 1.33 bits per heavy atom. The van der Waals surface area contributed by atoms with E-state index in [9.17, 15) is 4.79 Å². The van der Waals surface area contributed by atoms with Crippen molar-refractivity contribution in [1.29, 1.82) is 0 Å². The third-order valence-electron chi connectivity index (χ3n) is 4.14. The second-order valence-corrected chi connectivity index (χ2v) is 5.67. The van der Waals surface area contributed by atoms with Gasteiger partial charge in [-0.2, -0.15) is 0 Å². The maximum absolute atomic E-state index is 12.6. The van der Waals surface area contributed by atoms with Crippen LogP contribution in [0.15, 0.2) is 36.7 Å². The van der Waals surface area contributed by atoms with Gasteiger partial charge in [-0.3, -0.25) is 4.79 Å². The van der Waals surface area contributed by atoms with Gasteiger partial charge in [-0.1, -0.05) is 0 Å². The molecular weight excluding hydrogens is 308 g/mol. The molecule has 0 radical (unpaired) electrons. The minimum atomic E-state index is -0.0780. The monoisotopic (exact) mass is 330 g/mol. The zero-order chi connectivity index (χ0) is 16.9. The van der Waals surface area contributed by atoms with Crippen molar-refractivity contribution in [3.63, 3.8) is 0 Å². The van der Waals surface area contributed by atoms with E-state index in [4.69, 9.17) is 9.47 Å². The van der Waals surface area contributed by atoms with Crippen LogP contribution in [-0.4, -0.2) is 53.7 Å². The molecule has 2 heterocycles. The molecule has 0 aliphatic carbocycles. The lowest BCUT2D eigenvalue weighted by molar-refractivity contribution is -0.137. The molecule has 1 unspecified atom stereocenters. The molecular formula is C17H22N4O3. The fourth-order valence-electron chi connectivity index (χ4n) is 2.83. The number of aryl methyl sites for hydroxylation is 1. The van der Waals surface area contributed by atoms with Crippen molar-refractivity contribution >= 4 is 5.91 Å². The Kier molecular flexibility index (Phi) is 5.00. The predicted octanol–water partition coefficient (Wildman–Crippen LogP) is 0.981. The van der Waals surface area contributed by atoms with E-state index in [0.29, 0.717) is 18.8 Å². The molecule has 1 aromatic heterocycles. The first-order chi connectivity index (χ1) is 11.7. The highest BCUT2D eigenvalue weighted by molar-refractivity contribution is 5.78. The van der Waals surface area contributed by atoms with Crippen molar-refractivity contribution in [3.8, 4) is 11.5 Å². The zero-order valence-corrected chi connectivity index (χ0v) is 13.9. The maximum Gasteiger partial charge on any atom is 0.261 e. The van der Waals surface area contributed by atoms with Crippen LogP contribution in [0.3, 0.4) is 0 Å². The van der Waals surface area contributed by atoms with Crippen LogP contribution in [0, 0.1) is 0 Å². The third kappa shape index (κ3) is 3.51. The highest BCUT2D eigenvalue weighted by Gasteiger charge is 2.30. The lowest BCUT2D eigenvalue weighted by Crippen LogP contribution is -2.50. The van der Waals surface area contributed by atoms with E-state index in [0.717, 1.165) is 18.1 Å². The molecule has 0 spiro atoms. The van der Waals surface area contributed by atoms with E-state index in [1.807, 2.05) is 22.7 Å². The first-order valence-electron chi connectivity index (χ1n) is 7.93. The van der Waals surface area contributed by atoms with E-state index in [1.54, 1.807) is 37.6 Å². The zero-order valence-electron chi connectivity index (χ0n) is 13.9. The van der Waals surface area contributed by atoms with Crippen LogP contribution in [0.4, 0.5) is 0 Å². The molecule has 1 N–H and O–H groups in total. The summed E-state index contributed by atoms with van der Waals surface area (Å²) in [6.07, 6.45) is 3.64. The summed E-state index contributed by atoms with van der Waals surface area (Å²) in [4.78, 5) is 18.8. The Morgan fingerprint density at radius 3 is 2.75 bits per heavy atom. The van der Waals surface area contributed by atoms with Gasteiger partial charge >= 0.3 is 0 Å². The summed E-state index contributed by atoms with van der Waals surface area (Å²) < 4.78 is 12.7. The third-order valence-corrected chi connectivity index (χ3v) is 4.14. The van der Waals surface area contributed by atoms with Crippen LogP contribution in [0.1, 0.15) is 11.9 Å². The highest BCUT2D eigenvalue weighted by Crippen LogP contribution is 2.21. The maximum atomic E-state index is 12.6.